The molecule has 0 atom stereocenters. The Hall–Kier alpha value is -3.20. The molecular weight excluding hydrogens is 375 g/mol. The Morgan fingerprint density at radius 3 is 2.50 bits per heavy atom. The summed E-state index contributed by atoms with van der Waals surface area (Å²) in [5, 5.41) is 10.2. The van der Waals surface area contributed by atoms with Crippen LogP contribution in [-0.4, -0.2) is 27.0 Å². The maximum absolute atomic E-state index is 14.4. The van der Waals surface area contributed by atoms with Gasteiger partial charge in [0.15, 0.2) is 23.2 Å². The third-order valence-electron chi connectivity index (χ3n) is 3.40. The van der Waals surface area contributed by atoms with E-state index in [1.54, 1.807) is 5.32 Å². The Morgan fingerprint density at radius 1 is 1.08 bits per heavy atom. The highest BCUT2D eigenvalue weighted by molar-refractivity contribution is 6.29. The normalized spacial score (nSPS) is 10.8. The first kappa shape index (κ1) is 17.6. The SMILES string of the molecule is O=C(O)Nc1cc(F)c(F)c(C(=O)c2ccc3ncc(Cl)nc3c2)c1F. The minimum atomic E-state index is -1.74. The third-order valence-corrected chi connectivity index (χ3v) is 3.58. The summed E-state index contributed by atoms with van der Waals surface area (Å²) in [4.78, 5) is 31.0. The van der Waals surface area contributed by atoms with Crippen LogP contribution in [0, 0.1) is 17.5 Å². The second-order valence-electron chi connectivity index (χ2n) is 5.06. The predicted molar refractivity (Wildman–Crippen MR) is 85.9 cm³/mol. The number of ketones is 1. The fourth-order valence-electron chi connectivity index (χ4n) is 2.28. The minimum absolute atomic E-state index is 0.0400. The fourth-order valence-corrected chi connectivity index (χ4v) is 2.42. The molecule has 0 aliphatic heterocycles. The maximum Gasteiger partial charge on any atom is 0.409 e. The van der Waals surface area contributed by atoms with Crippen LogP contribution in [0.2, 0.25) is 5.15 Å². The van der Waals surface area contributed by atoms with Crippen LogP contribution < -0.4 is 5.32 Å². The van der Waals surface area contributed by atoms with Gasteiger partial charge in [0.25, 0.3) is 0 Å². The molecule has 0 unspecified atom stereocenters. The first-order valence-electron chi connectivity index (χ1n) is 6.92. The number of fused-ring (bicyclic) bond motifs is 1. The van der Waals surface area contributed by atoms with Crippen LogP contribution in [0.4, 0.5) is 23.7 Å². The summed E-state index contributed by atoms with van der Waals surface area (Å²) >= 11 is 5.72. The summed E-state index contributed by atoms with van der Waals surface area (Å²) in [6, 6.07) is 4.09. The van der Waals surface area contributed by atoms with Gasteiger partial charge in [-0.05, 0) is 18.2 Å². The lowest BCUT2D eigenvalue weighted by molar-refractivity contribution is 0.103. The van der Waals surface area contributed by atoms with E-state index in [0.29, 0.717) is 11.6 Å². The molecule has 1 aromatic heterocycles. The highest BCUT2D eigenvalue weighted by atomic mass is 35.5. The summed E-state index contributed by atoms with van der Waals surface area (Å²) in [5.41, 5.74) is -1.77. The monoisotopic (exact) mass is 381 g/mol. The zero-order chi connectivity index (χ0) is 19.0. The molecule has 0 saturated heterocycles. The molecule has 0 aliphatic rings. The van der Waals surface area contributed by atoms with E-state index in [-0.39, 0.29) is 16.2 Å². The molecule has 2 aromatic carbocycles. The van der Waals surface area contributed by atoms with Gasteiger partial charge in [-0.3, -0.25) is 15.1 Å². The fraction of sp³-hybridized carbons (Fsp3) is 0. The molecule has 0 bridgehead atoms. The van der Waals surface area contributed by atoms with E-state index in [9.17, 15) is 22.8 Å². The van der Waals surface area contributed by atoms with Crippen molar-refractivity contribution in [1.29, 1.82) is 0 Å². The largest absolute Gasteiger partial charge is 0.465 e. The molecule has 0 spiro atoms. The topological polar surface area (TPSA) is 92.2 Å². The summed E-state index contributed by atoms with van der Waals surface area (Å²) < 4.78 is 42.1. The molecule has 0 radical (unpaired) electrons. The maximum atomic E-state index is 14.4. The van der Waals surface area contributed by atoms with Gasteiger partial charge in [0.05, 0.1) is 28.5 Å². The minimum Gasteiger partial charge on any atom is -0.465 e. The first-order chi connectivity index (χ1) is 12.3. The van der Waals surface area contributed by atoms with E-state index in [4.69, 9.17) is 16.7 Å². The van der Waals surface area contributed by atoms with Crippen LogP contribution in [0.25, 0.3) is 11.0 Å². The Kier molecular flexibility index (Phi) is 4.47. The molecule has 132 valence electrons. The lowest BCUT2D eigenvalue weighted by Crippen LogP contribution is -2.15. The number of aromatic nitrogens is 2. The van der Waals surface area contributed by atoms with Crippen molar-refractivity contribution in [2.75, 3.05) is 5.32 Å². The molecule has 6 nitrogen and oxygen atoms in total. The van der Waals surface area contributed by atoms with Crippen molar-refractivity contribution in [3.63, 3.8) is 0 Å². The lowest BCUT2D eigenvalue weighted by Gasteiger charge is -2.10. The molecule has 10 heteroatoms. The summed E-state index contributed by atoms with van der Waals surface area (Å²) in [6.07, 6.45) is -0.426. The molecule has 0 aliphatic carbocycles. The van der Waals surface area contributed by atoms with E-state index in [0.717, 1.165) is 0 Å². The Labute approximate surface area is 148 Å². The number of rotatable bonds is 3. The van der Waals surface area contributed by atoms with Crippen molar-refractivity contribution in [2.45, 2.75) is 0 Å². The molecule has 0 fully saturated rings. The van der Waals surface area contributed by atoms with Gasteiger partial charge in [0.1, 0.15) is 5.15 Å². The molecule has 1 amide bonds. The molecule has 3 rings (SSSR count). The number of carboxylic acid groups (broad SMARTS) is 1. The third kappa shape index (κ3) is 3.16. The van der Waals surface area contributed by atoms with Crippen molar-refractivity contribution < 1.29 is 27.9 Å². The van der Waals surface area contributed by atoms with Gasteiger partial charge in [-0.2, -0.15) is 0 Å². The van der Waals surface area contributed by atoms with Gasteiger partial charge in [-0.1, -0.05) is 11.6 Å². The van der Waals surface area contributed by atoms with Gasteiger partial charge in [-0.15, -0.1) is 0 Å². The molecule has 26 heavy (non-hydrogen) atoms. The van der Waals surface area contributed by atoms with Crippen LogP contribution in [0.1, 0.15) is 15.9 Å². The average Bonchev–Trinajstić information content (AvgIpc) is 2.58. The standard InChI is InChI=1S/C16H7ClF3N3O3/c17-11-5-21-8-2-1-6(3-9(8)22-11)15(24)12-13(19)7(18)4-10(14(12)20)23-16(25)26/h1-5,23H,(H,25,26). The van der Waals surface area contributed by atoms with Gasteiger partial charge in [0, 0.05) is 11.6 Å². The van der Waals surface area contributed by atoms with Crippen LogP contribution >= 0.6 is 11.6 Å². The molecule has 1 heterocycles. The number of nitrogens with one attached hydrogen (secondary N) is 1. The van der Waals surface area contributed by atoms with Crippen LogP contribution in [-0.2, 0) is 0 Å². The van der Waals surface area contributed by atoms with Gasteiger partial charge < -0.3 is 5.11 Å². The number of carbonyl (C=O) groups is 2. The highest BCUT2D eigenvalue weighted by Crippen LogP contribution is 2.27. The van der Waals surface area contributed by atoms with E-state index in [1.165, 1.54) is 24.4 Å². The van der Waals surface area contributed by atoms with Crippen molar-refractivity contribution in [1.82, 2.24) is 9.97 Å². The second kappa shape index (κ2) is 6.60. The average molecular weight is 382 g/mol. The van der Waals surface area contributed by atoms with Crippen molar-refractivity contribution in [3.05, 3.63) is 64.2 Å². The second-order valence-corrected chi connectivity index (χ2v) is 5.45. The molecule has 3 aromatic rings. The Balaban J connectivity index is 2.15. The molecule has 2 N–H and O–H groups in total. The van der Waals surface area contributed by atoms with Gasteiger partial charge in [-0.25, -0.2) is 22.9 Å². The van der Waals surface area contributed by atoms with Gasteiger partial charge in [0.2, 0.25) is 0 Å². The van der Waals surface area contributed by atoms with Crippen molar-refractivity contribution >= 4 is 40.2 Å². The summed E-state index contributed by atoms with van der Waals surface area (Å²) in [5.74, 6) is -6.05. The van der Waals surface area contributed by atoms with Crippen LogP contribution in [0.3, 0.4) is 0 Å². The quantitative estimate of drug-likeness (QED) is 0.528. The number of anilines is 1. The predicted octanol–water partition coefficient (Wildman–Crippen LogP) is 4.02. The Morgan fingerprint density at radius 2 is 1.81 bits per heavy atom. The number of hydrogen-bond acceptors (Lipinski definition) is 4. The smallest absolute Gasteiger partial charge is 0.409 e. The van der Waals surface area contributed by atoms with Crippen LogP contribution in [0.15, 0.2) is 30.5 Å². The zero-order valence-corrected chi connectivity index (χ0v) is 13.3. The zero-order valence-electron chi connectivity index (χ0n) is 12.6. The number of benzene rings is 2. The van der Waals surface area contributed by atoms with E-state index >= 15 is 0 Å². The number of amides is 1. The highest BCUT2D eigenvalue weighted by Gasteiger charge is 2.26. The van der Waals surface area contributed by atoms with Gasteiger partial charge >= 0.3 is 6.09 Å². The number of halogens is 4. The first-order valence-corrected chi connectivity index (χ1v) is 7.30. The molecular formula is C16H7ClF3N3O3. The summed E-state index contributed by atoms with van der Waals surface area (Å²) in [6.45, 7) is 0. The van der Waals surface area contributed by atoms with Crippen molar-refractivity contribution in [3.8, 4) is 0 Å². The molecule has 0 saturated carbocycles. The number of carbonyl (C=O) groups excluding carboxylic acids is 1. The van der Waals surface area contributed by atoms with E-state index < -0.39 is 40.6 Å². The number of hydrogen-bond donors (Lipinski definition) is 2. The van der Waals surface area contributed by atoms with E-state index in [1.807, 2.05) is 0 Å². The van der Waals surface area contributed by atoms with E-state index in [2.05, 4.69) is 9.97 Å². The van der Waals surface area contributed by atoms with Crippen LogP contribution in [0.5, 0.6) is 0 Å². The van der Waals surface area contributed by atoms with Crippen molar-refractivity contribution in [2.24, 2.45) is 0 Å². The lowest BCUT2D eigenvalue weighted by atomic mass is 10.0. The summed E-state index contributed by atoms with van der Waals surface area (Å²) in [7, 11) is 0. The number of nitrogens with zero attached hydrogens (tertiary/aromatic N) is 2. The Bertz CT molecular complexity index is 1080.